The van der Waals surface area contributed by atoms with Gasteiger partial charge in [0.15, 0.2) is 5.78 Å². The summed E-state index contributed by atoms with van der Waals surface area (Å²) in [6, 6.07) is 8.53. The van der Waals surface area contributed by atoms with Crippen LogP contribution >= 0.6 is 0 Å². The Labute approximate surface area is 168 Å². The van der Waals surface area contributed by atoms with Crippen LogP contribution in [0.25, 0.3) is 0 Å². The molecular formula is C23H24F3NO2. The van der Waals surface area contributed by atoms with Crippen LogP contribution in [0.4, 0.5) is 13.2 Å². The second-order valence-electron chi connectivity index (χ2n) is 7.97. The first-order valence-electron chi connectivity index (χ1n) is 9.83. The van der Waals surface area contributed by atoms with E-state index in [2.05, 4.69) is 13.8 Å². The highest BCUT2D eigenvalue weighted by Crippen LogP contribution is 2.26. The number of Topliss-reactive ketones (excluding diaryl/α,β-unsaturated/α-hetero) is 1. The molecule has 0 saturated carbocycles. The summed E-state index contributed by atoms with van der Waals surface area (Å²) in [6.45, 7) is 4.92. The second-order valence-corrected chi connectivity index (χ2v) is 7.97. The summed E-state index contributed by atoms with van der Waals surface area (Å²) in [7, 11) is 0. The number of nitrogens with zero attached hydrogens (tertiary/aromatic N) is 1. The molecule has 0 aromatic heterocycles. The van der Waals surface area contributed by atoms with Crippen LogP contribution in [-0.4, -0.2) is 29.7 Å². The highest BCUT2D eigenvalue weighted by molar-refractivity contribution is 5.99. The average Bonchev–Trinajstić information content (AvgIpc) is 2.67. The van der Waals surface area contributed by atoms with Crippen LogP contribution < -0.4 is 0 Å². The first-order valence-corrected chi connectivity index (χ1v) is 9.83. The number of halogens is 3. The van der Waals surface area contributed by atoms with Crippen molar-refractivity contribution in [2.24, 2.45) is 11.8 Å². The number of piperidine rings is 1. The largest absolute Gasteiger partial charge is 0.339 e. The second kappa shape index (κ2) is 8.80. The van der Waals surface area contributed by atoms with E-state index in [9.17, 15) is 22.8 Å². The number of benzene rings is 2. The zero-order valence-electron chi connectivity index (χ0n) is 16.6. The molecule has 3 rings (SSSR count). The van der Waals surface area contributed by atoms with E-state index in [1.54, 1.807) is 17.0 Å². The highest BCUT2D eigenvalue weighted by Gasteiger charge is 2.31. The summed E-state index contributed by atoms with van der Waals surface area (Å²) >= 11 is 0. The molecule has 154 valence electrons. The van der Waals surface area contributed by atoms with Gasteiger partial charge in [-0.3, -0.25) is 9.59 Å². The van der Waals surface area contributed by atoms with Gasteiger partial charge in [0.05, 0.1) is 5.56 Å². The molecule has 2 aromatic carbocycles. The van der Waals surface area contributed by atoms with Gasteiger partial charge in [-0.05, 0) is 42.9 Å². The van der Waals surface area contributed by atoms with E-state index < -0.39 is 34.7 Å². The topological polar surface area (TPSA) is 37.4 Å². The number of amides is 1. The Balaban J connectivity index is 1.63. The Morgan fingerprint density at radius 2 is 1.55 bits per heavy atom. The van der Waals surface area contributed by atoms with Gasteiger partial charge >= 0.3 is 0 Å². The molecule has 1 amide bonds. The lowest BCUT2D eigenvalue weighted by Gasteiger charge is -2.31. The Kier molecular flexibility index (Phi) is 6.40. The monoisotopic (exact) mass is 403 g/mol. The number of hydrogen-bond acceptors (Lipinski definition) is 2. The van der Waals surface area contributed by atoms with Crippen molar-refractivity contribution in [1.29, 1.82) is 0 Å². The Morgan fingerprint density at radius 3 is 2.07 bits per heavy atom. The zero-order valence-corrected chi connectivity index (χ0v) is 16.6. The molecule has 1 aliphatic heterocycles. The molecule has 0 aliphatic carbocycles. The van der Waals surface area contributed by atoms with Crippen molar-refractivity contribution in [3.63, 3.8) is 0 Å². The van der Waals surface area contributed by atoms with Gasteiger partial charge in [-0.1, -0.05) is 26.0 Å². The van der Waals surface area contributed by atoms with E-state index in [0.717, 1.165) is 6.42 Å². The van der Waals surface area contributed by atoms with Crippen molar-refractivity contribution in [3.8, 4) is 0 Å². The molecule has 1 aliphatic rings. The van der Waals surface area contributed by atoms with Crippen LogP contribution in [-0.2, 0) is 6.42 Å². The third-order valence-corrected chi connectivity index (χ3v) is 5.25. The predicted molar refractivity (Wildman–Crippen MR) is 104 cm³/mol. The van der Waals surface area contributed by atoms with Crippen molar-refractivity contribution >= 4 is 11.7 Å². The lowest BCUT2D eigenvalue weighted by Crippen LogP contribution is -2.40. The summed E-state index contributed by atoms with van der Waals surface area (Å²) in [6.07, 6.45) is 1.57. The van der Waals surface area contributed by atoms with Crippen LogP contribution in [0.3, 0.4) is 0 Å². The number of carbonyl (C=O) groups excluding carboxylic acids is 2. The van der Waals surface area contributed by atoms with Gasteiger partial charge < -0.3 is 4.90 Å². The number of carbonyl (C=O) groups is 2. The molecule has 0 atom stereocenters. The minimum absolute atomic E-state index is 0.119. The lowest BCUT2D eigenvalue weighted by atomic mass is 9.88. The minimum atomic E-state index is -1.19. The third-order valence-electron chi connectivity index (χ3n) is 5.25. The van der Waals surface area contributed by atoms with E-state index >= 15 is 0 Å². The molecule has 29 heavy (non-hydrogen) atoms. The normalized spacial score (nSPS) is 15.0. The van der Waals surface area contributed by atoms with Gasteiger partial charge in [-0.15, -0.1) is 0 Å². The summed E-state index contributed by atoms with van der Waals surface area (Å²) in [4.78, 5) is 26.9. The number of ketones is 1. The molecule has 1 heterocycles. The minimum Gasteiger partial charge on any atom is -0.339 e. The molecule has 0 bridgehead atoms. The molecule has 0 spiro atoms. The first-order chi connectivity index (χ1) is 13.8. The summed E-state index contributed by atoms with van der Waals surface area (Å²) in [5, 5.41) is 0. The van der Waals surface area contributed by atoms with Crippen molar-refractivity contribution in [2.75, 3.05) is 13.1 Å². The van der Waals surface area contributed by atoms with Crippen LogP contribution in [0.1, 0.15) is 53.0 Å². The Morgan fingerprint density at radius 1 is 1.00 bits per heavy atom. The SMILES string of the molecule is CC(C)Cc1ccc(C(=O)N2CCC(C(=O)c3c(F)cc(F)cc3F)CC2)cc1. The predicted octanol–water partition coefficient (Wildman–Crippen LogP) is 5.04. The molecule has 0 radical (unpaired) electrons. The fraction of sp³-hybridized carbons (Fsp3) is 0.391. The van der Waals surface area contributed by atoms with Gasteiger partial charge in [0.25, 0.3) is 5.91 Å². The van der Waals surface area contributed by atoms with Gasteiger partial charge in [0.1, 0.15) is 17.5 Å². The third kappa shape index (κ3) is 4.86. The summed E-state index contributed by atoms with van der Waals surface area (Å²) in [5.74, 6) is -4.29. The lowest BCUT2D eigenvalue weighted by molar-refractivity contribution is 0.0647. The highest BCUT2D eigenvalue weighted by atomic mass is 19.1. The quantitative estimate of drug-likeness (QED) is 0.656. The smallest absolute Gasteiger partial charge is 0.253 e. The van der Waals surface area contributed by atoms with Gasteiger partial charge in [-0.2, -0.15) is 0 Å². The maximum atomic E-state index is 13.9. The zero-order chi connectivity index (χ0) is 21.1. The molecule has 1 fully saturated rings. The summed E-state index contributed by atoms with van der Waals surface area (Å²) in [5.41, 5.74) is 1.05. The van der Waals surface area contributed by atoms with Crippen molar-refractivity contribution < 1.29 is 22.8 Å². The molecule has 0 unspecified atom stereocenters. The molecule has 2 aromatic rings. The summed E-state index contributed by atoms with van der Waals surface area (Å²) < 4.78 is 40.8. The number of hydrogen-bond donors (Lipinski definition) is 0. The molecule has 1 saturated heterocycles. The maximum Gasteiger partial charge on any atom is 0.253 e. The van der Waals surface area contributed by atoms with Gasteiger partial charge in [-0.25, -0.2) is 13.2 Å². The molecular weight excluding hydrogens is 379 g/mol. The van der Waals surface area contributed by atoms with Crippen LogP contribution in [0, 0.1) is 29.3 Å². The van der Waals surface area contributed by atoms with Crippen molar-refractivity contribution in [1.82, 2.24) is 4.90 Å². The van der Waals surface area contributed by atoms with Gasteiger partial charge in [0, 0.05) is 36.7 Å². The van der Waals surface area contributed by atoms with Gasteiger partial charge in [0.2, 0.25) is 0 Å². The standard InChI is InChI=1S/C23H24F3NO2/c1-14(2)11-15-3-5-17(6-4-15)23(29)27-9-7-16(8-10-27)22(28)21-19(25)12-18(24)13-20(21)26/h3-6,12-14,16H,7-11H2,1-2H3. The van der Waals surface area contributed by atoms with E-state index in [1.807, 2.05) is 12.1 Å². The average molecular weight is 403 g/mol. The number of rotatable bonds is 5. The van der Waals surface area contributed by atoms with E-state index in [1.165, 1.54) is 5.56 Å². The van der Waals surface area contributed by atoms with E-state index in [0.29, 0.717) is 49.5 Å². The number of likely N-dealkylation sites (tertiary alicyclic amines) is 1. The van der Waals surface area contributed by atoms with Crippen LogP contribution in [0.2, 0.25) is 0 Å². The van der Waals surface area contributed by atoms with Crippen molar-refractivity contribution in [3.05, 3.63) is 70.5 Å². The first kappa shape index (κ1) is 21.1. The molecule has 3 nitrogen and oxygen atoms in total. The van der Waals surface area contributed by atoms with Crippen molar-refractivity contribution in [2.45, 2.75) is 33.1 Å². The Hall–Kier alpha value is -2.63. The Bertz CT molecular complexity index is 878. The molecule has 0 N–H and O–H groups in total. The fourth-order valence-corrected chi connectivity index (χ4v) is 3.76. The van der Waals surface area contributed by atoms with E-state index in [4.69, 9.17) is 0 Å². The fourth-order valence-electron chi connectivity index (χ4n) is 3.76. The molecule has 6 heteroatoms. The van der Waals surface area contributed by atoms with Crippen LogP contribution in [0.5, 0.6) is 0 Å². The van der Waals surface area contributed by atoms with E-state index in [-0.39, 0.29) is 5.91 Å². The van der Waals surface area contributed by atoms with Crippen LogP contribution in [0.15, 0.2) is 36.4 Å². The maximum absolute atomic E-state index is 13.9.